The van der Waals surface area contributed by atoms with Crippen LogP contribution in [0.4, 0.5) is 0 Å². The SMILES string of the molecule is CN=C(NCCN1CCCN(C)CC1)NC(C)CCCC(C)C.I. The number of guanidine groups is 1. The minimum absolute atomic E-state index is 0. The third-order valence-electron chi connectivity index (χ3n) is 4.56. The normalized spacial score (nSPS) is 18.8. The van der Waals surface area contributed by atoms with E-state index in [4.69, 9.17) is 0 Å². The summed E-state index contributed by atoms with van der Waals surface area (Å²) in [7, 11) is 4.07. The molecule has 0 amide bonds. The van der Waals surface area contributed by atoms with Crippen molar-refractivity contribution < 1.29 is 0 Å². The van der Waals surface area contributed by atoms with E-state index < -0.39 is 0 Å². The van der Waals surface area contributed by atoms with E-state index in [0.29, 0.717) is 6.04 Å². The zero-order chi connectivity index (χ0) is 17.1. The highest BCUT2D eigenvalue weighted by molar-refractivity contribution is 14.0. The van der Waals surface area contributed by atoms with Gasteiger partial charge in [0.2, 0.25) is 0 Å². The van der Waals surface area contributed by atoms with Crippen molar-refractivity contribution >= 4 is 29.9 Å². The molecular weight excluding hydrogens is 413 g/mol. The Balaban J connectivity index is 0.00000529. The van der Waals surface area contributed by atoms with Crippen LogP contribution in [0.5, 0.6) is 0 Å². The first kappa shape index (κ1) is 23.9. The Morgan fingerprint density at radius 1 is 1.08 bits per heavy atom. The predicted octanol–water partition coefficient (Wildman–Crippen LogP) is 2.62. The van der Waals surface area contributed by atoms with Gasteiger partial charge in [0, 0.05) is 39.3 Å². The maximum atomic E-state index is 4.35. The van der Waals surface area contributed by atoms with Crippen LogP contribution in [-0.2, 0) is 0 Å². The quantitative estimate of drug-likeness (QED) is 0.337. The standard InChI is InChI=1S/C18H39N5.HI/c1-16(2)8-6-9-17(3)21-18(19-4)20-10-13-23-12-7-11-22(5)14-15-23;/h16-17H,6-15H2,1-5H3,(H2,19,20,21);1H. The van der Waals surface area contributed by atoms with Gasteiger partial charge in [0.25, 0.3) is 0 Å². The van der Waals surface area contributed by atoms with Crippen molar-refractivity contribution in [2.24, 2.45) is 10.9 Å². The third-order valence-corrected chi connectivity index (χ3v) is 4.56. The minimum Gasteiger partial charge on any atom is -0.355 e. The number of rotatable bonds is 8. The largest absolute Gasteiger partial charge is 0.355 e. The van der Waals surface area contributed by atoms with Gasteiger partial charge in [0.1, 0.15) is 0 Å². The van der Waals surface area contributed by atoms with E-state index in [2.05, 4.69) is 53.2 Å². The second-order valence-corrected chi connectivity index (χ2v) is 7.37. The molecule has 0 saturated carbocycles. The Labute approximate surface area is 167 Å². The molecule has 1 aliphatic rings. The first-order chi connectivity index (χ1) is 11.0. The lowest BCUT2D eigenvalue weighted by Crippen LogP contribution is -2.45. The van der Waals surface area contributed by atoms with Crippen molar-refractivity contribution in [2.75, 3.05) is 53.4 Å². The number of hydrogen-bond donors (Lipinski definition) is 2. The number of hydrogen-bond acceptors (Lipinski definition) is 3. The lowest BCUT2D eigenvalue weighted by Gasteiger charge is -2.22. The zero-order valence-electron chi connectivity index (χ0n) is 16.5. The number of aliphatic imine (C=N–C) groups is 1. The van der Waals surface area contributed by atoms with E-state index in [9.17, 15) is 0 Å². The van der Waals surface area contributed by atoms with Gasteiger partial charge in [-0.15, -0.1) is 24.0 Å². The van der Waals surface area contributed by atoms with Gasteiger partial charge in [-0.1, -0.05) is 26.7 Å². The van der Waals surface area contributed by atoms with Gasteiger partial charge < -0.3 is 20.4 Å². The average Bonchev–Trinajstić information content (AvgIpc) is 2.70. The number of likely N-dealkylation sites (N-methyl/N-ethyl adjacent to an activating group) is 1. The molecule has 1 rings (SSSR count). The molecule has 6 heteroatoms. The molecule has 0 aromatic rings. The Bertz CT molecular complexity index is 335. The second kappa shape index (κ2) is 14.1. The molecule has 1 fully saturated rings. The van der Waals surface area contributed by atoms with Crippen LogP contribution in [0, 0.1) is 5.92 Å². The Hall–Kier alpha value is -0.0800. The summed E-state index contributed by atoms with van der Waals surface area (Å²) in [6.07, 6.45) is 5.07. The van der Waals surface area contributed by atoms with Gasteiger partial charge in [-0.05, 0) is 45.8 Å². The van der Waals surface area contributed by atoms with Crippen molar-refractivity contribution in [3.05, 3.63) is 0 Å². The molecule has 0 bridgehead atoms. The van der Waals surface area contributed by atoms with Crippen molar-refractivity contribution in [1.29, 1.82) is 0 Å². The van der Waals surface area contributed by atoms with Gasteiger partial charge in [0.15, 0.2) is 5.96 Å². The van der Waals surface area contributed by atoms with Crippen molar-refractivity contribution in [3.63, 3.8) is 0 Å². The molecule has 0 radical (unpaired) electrons. The lowest BCUT2D eigenvalue weighted by atomic mass is 10.0. The van der Waals surface area contributed by atoms with Gasteiger partial charge in [-0.2, -0.15) is 0 Å². The van der Waals surface area contributed by atoms with E-state index in [-0.39, 0.29) is 24.0 Å². The maximum absolute atomic E-state index is 4.35. The predicted molar refractivity (Wildman–Crippen MR) is 117 cm³/mol. The summed E-state index contributed by atoms with van der Waals surface area (Å²) in [6.45, 7) is 13.7. The molecule has 1 heterocycles. The highest BCUT2D eigenvalue weighted by Crippen LogP contribution is 2.08. The summed E-state index contributed by atoms with van der Waals surface area (Å²) in [5.41, 5.74) is 0. The summed E-state index contributed by atoms with van der Waals surface area (Å²) >= 11 is 0. The molecule has 2 N–H and O–H groups in total. The first-order valence-electron chi connectivity index (χ1n) is 9.39. The molecule has 0 aromatic carbocycles. The van der Waals surface area contributed by atoms with E-state index in [0.717, 1.165) is 25.0 Å². The van der Waals surface area contributed by atoms with E-state index in [1.165, 1.54) is 51.9 Å². The molecule has 0 spiro atoms. The van der Waals surface area contributed by atoms with Gasteiger partial charge in [0.05, 0.1) is 0 Å². The molecular formula is C18H40IN5. The molecule has 1 unspecified atom stereocenters. The topological polar surface area (TPSA) is 42.9 Å². The molecule has 1 aliphatic heterocycles. The summed E-state index contributed by atoms with van der Waals surface area (Å²) < 4.78 is 0. The molecule has 1 atom stereocenters. The molecule has 144 valence electrons. The number of nitrogens with zero attached hydrogens (tertiary/aromatic N) is 3. The van der Waals surface area contributed by atoms with Crippen LogP contribution in [0.3, 0.4) is 0 Å². The molecule has 0 aliphatic carbocycles. The van der Waals surface area contributed by atoms with E-state index >= 15 is 0 Å². The van der Waals surface area contributed by atoms with Crippen LogP contribution < -0.4 is 10.6 Å². The Morgan fingerprint density at radius 3 is 2.50 bits per heavy atom. The van der Waals surface area contributed by atoms with Gasteiger partial charge >= 0.3 is 0 Å². The summed E-state index contributed by atoms with van der Waals surface area (Å²) in [6, 6.07) is 0.479. The van der Waals surface area contributed by atoms with Crippen LogP contribution in [0.25, 0.3) is 0 Å². The third kappa shape index (κ3) is 11.5. The van der Waals surface area contributed by atoms with Crippen LogP contribution in [-0.4, -0.2) is 75.2 Å². The smallest absolute Gasteiger partial charge is 0.191 e. The highest BCUT2D eigenvalue weighted by Gasteiger charge is 2.12. The van der Waals surface area contributed by atoms with Crippen LogP contribution in [0.15, 0.2) is 4.99 Å². The van der Waals surface area contributed by atoms with Crippen LogP contribution in [0.1, 0.15) is 46.5 Å². The first-order valence-corrected chi connectivity index (χ1v) is 9.39. The fraction of sp³-hybridized carbons (Fsp3) is 0.944. The molecule has 0 aromatic heterocycles. The average molecular weight is 453 g/mol. The van der Waals surface area contributed by atoms with Gasteiger partial charge in [-0.25, -0.2) is 0 Å². The van der Waals surface area contributed by atoms with Crippen molar-refractivity contribution in [3.8, 4) is 0 Å². The monoisotopic (exact) mass is 453 g/mol. The molecule has 5 nitrogen and oxygen atoms in total. The maximum Gasteiger partial charge on any atom is 0.191 e. The minimum atomic E-state index is 0. The Morgan fingerprint density at radius 2 is 1.83 bits per heavy atom. The van der Waals surface area contributed by atoms with Crippen molar-refractivity contribution in [2.45, 2.75) is 52.5 Å². The fourth-order valence-electron chi connectivity index (χ4n) is 2.99. The molecule has 24 heavy (non-hydrogen) atoms. The molecule has 1 saturated heterocycles. The Kier molecular flexibility index (Phi) is 14.1. The summed E-state index contributed by atoms with van der Waals surface area (Å²) in [4.78, 5) is 9.33. The number of halogens is 1. The zero-order valence-corrected chi connectivity index (χ0v) is 18.8. The van der Waals surface area contributed by atoms with Crippen LogP contribution in [0.2, 0.25) is 0 Å². The van der Waals surface area contributed by atoms with Crippen molar-refractivity contribution in [1.82, 2.24) is 20.4 Å². The number of nitrogens with one attached hydrogen (secondary N) is 2. The summed E-state index contributed by atoms with van der Waals surface area (Å²) in [5.74, 6) is 1.74. The second-order valence-electron chi connectivity index (χ2n) is 7.37. The van der Waals surface area contributed by atoms with E-state index in [1.54, 1.807) is 0 Å². The fourth-order valence-corrected chi connectivity index (χ4v) is 2.99. The summed E-state index contributed by atoms with van der Waals surface area (Å²) in [5, 5.41) is 6.97. The lowest BCUT2D eigenvalue weighted by molar-refractivity contribution is 0.279. The highest BCUT2D eigenvalue weighted by atomic mass is 127. The van der Waals surface area contributed by atoms with Crippen LogP contribution >= 0.6 is 24.0 Å². The van der Waals surface area contributed by atoms with Gasteiger partial charge in [-0.3, -0.25) is 4.99 Å². The van der Waals surface area contributed by atoms with E-state index in [1.807, 2.05) is 7.05 Å².